The Balaban J connectivity index is 1.17. The molecule has 212 valence electrons. The summed E-state index contributed by atoms with van der Waals surface area (Å²) < 4.78 is 42.0. The molecule has 0 spiro atoms. The van der Waals surface area contributed by atoms with Gasteiger partial charge in [0.1, 0.15) is 23.5 Å². The molecule has 0 radical (unpaired) electrons. The highest BCUT2D eigenvalue weighted by Crippen LogP contribution is 2.38. The molecule has 1 aliphatic carbocycles. The van der Waals surface area contributed by atoms with Gasteiger partial charge in [0.2, 0.25) is 0 Å². The molecule has 2 saturated heterocycles. The predicted octanol–water partition coefficient (Wildman–Crippen LogP) is 6.50. The van der Waals surface area contributed by atoms with Crippen LogP contribution < -0.4 is 0 Å². The minimum atomic E-state index is -0.739. The number of hydrogen-bond donors (Lipinski definition) is 1. The molecule has 2 aliphatic heterocycles. The fraction of sp³-hybridized carbons (Fsp3) is 0.594. The highest BCUT2D eigenvalue weighted by molar-refractivity contribution is 5.73. The van der Waals surface area contributed by atoms with Gasteiger partial charge >= 0.3 is 5.97 Å². The summed E-state index contributed by atoms with van der Waals surface area (Å²) in [6.45, 7) is 4.19. The summed E-state index contributed by atoms with van der Waals surface area (Å²) in [5.41, 5.74) is 1.16. The number of aliphatic carboxylic acids is 1. The maximum absolute atomic E-state index is 14.2. The van der Waals surface area contributed by atoms with Crippen molar-refractivity contribution in [2.75, 3.05) is 32.7 Å². The van der Waals surface area contributed by atoms with Crippen LogP contribution in [-0.4, -0.2) is 59.6 Å². The molecule has 3 fully saturated rings. The van der Waals surface area contributed by atoms with E-state index >= 15 is 0 Å². The van der Waals surface area contributed by atoms with Gasteiger partial charge in [-0.1, -0.05) is 43.9 Å². The standard InChI is InChI=1S/C32H41F3N2O2/c33-26-9-3-8-24(18-26)28-21-37(31(32(38)39)17-23-6-1-7-23)20-25(28)19-36-15-13-22(14-16-36)5-2-10-27-29(34)11-4-12-30(27)35/h3-4,8-9,11-12,18,22-23,25,28,31H,1-2,5-7,10,13-17,19-21H2,(H,38,39)/t25-,28+,31+/m0/s1. The quantitative estimate of drug-likeness (QED) is 0.352. The van der Waals surface area contributed by atoms with E-state index in [0.29, 0.717) is 31.2 Å². The number of carboxylic acid groups (broad SMARTS) is 1. The van der Waals surface area contributed by atoms with Crippen molar-refractivity contribution in [2.45, 2.75) is 69.7 Å². The van der Waals surface area contributed by atoms with Crippen LogP contribution >= 0.6 is 0 Å². The molecular formula is C32H41F3N2O2. The highest BCUT2D eigenvalue weighted by Gasteiger charge is 2.41. The van der Waals surface area contributed by atoms with Gasteiger partial charge in [-0.3, -0.25) is 9.69 Å². The molecular weight excluding hydrogens is 501 g/mol. The first-order valence-corrected chi connectivity index (χ1v) is 14.7. The molecule has 1 saturated carbocycles. The van der Waals surface area contributed by atoms with E-state index in [-0.39, 0.29) is 23.2 Å². The Labute approximate surface area is 230 Å². The maximum atomic E-state index is 14.2. The second-order valence-corrected chi connectivity index (χ2v) is 12.1. The Morgan fingerprint density at radius 1 is 0.949 bits per heavy atom. The number of rotatable bonds is 11. The van der Waals surface area contributed by atoms with E-state index in [1.807, 2.05) is 6.07 Å². The van der Waals surface area contributed by atoms with E-state index < -0.39 is 23.6 Å². The van der Waals surface area contributed by atoms with Gasteiger partial charge in [0.25, 0.3) is 0 Å². The molecule has 5 rings (SSSR count). The van der Waals surface area contributed by atoms with Crippen molar-refractivity contribution < 1.29 is 23.1 Å². The van der Waals surface area contributed by atoms with E-state index in [0.717, 1.165) is 70.3 Å². The number of benzene rings is 2. The minimum Gasteiger partial charge on any atom is -0.480 e. The zero-order valence-electron chi connectivity index (χ0n) is 22.7. The van der Waals surface area contributed by atoms with Gasteiger partial charge in [-0.25, -0.2) is 13.2 Å². The zero-order chi connectivity index (χ0) is 27.4. The van der Waals surface area contributed by atoms with Crippen molar-refractivity contribution in [3.8, 4) is 0 Å². The van der Waals surface area contributed by atoms with Gasteiger partial charge in [-0.2, -0.15) is 0 Å². The van der Waals surface area contributed by atoms with Crippen LogP contribution in [-0.2, 0) is 11.2 Å². The minimum absolute atomic E-state index is 0.109. The Morgan fingerprint density at radius 3 is 2.31 bits per heavy atom. The van der Waals surface area contributed by atoms with E-state index in [1.54, 1.807) is 12.1 Å². The molecule has 2 aromatic rings. The fourth-order valence-electron chi connectivity index (χ4n) is 7.04. The summed E-state index contributed by atoms with van der Waals surface area (Å²) in [5.74, 6) is -0.488. The monoisotopic (exact) mass is 542 g/mol. The van der Waals surface area contributed by atoms with Crippen LogP contribution in [0.5, 0.6) is 0 Å². The molecule has 0 bridgehead atoms. The molecule has 0 amide bonds. The lowest BCUT2D eigenvalue weighted by atomic mass is 9.80. The Bertz CT molecular complexity index is 1100. The van der Waals surface area contributed by atoms with Crippen LogP contribution in [0, 0.1) is 35.2 Å². The molecule has 39 heavy (non-hydrogen) atoms. The largest absolute Gasteiger partial charge is 0.480 e. The second-order valence-electron chi connectivity index (χ2n) is 12.1. The number of piperidine rings is 1. The molecule has 2 aromatic carbocycles. The number of halogens is 3. The van der Waals surface area contributed by atoms with Gasteiger partial charge < -0.3 is 10.0 Å². The highest BCUT2D eigenvalue weighted by atomic mass is 19.1. The Morgan fingerprint density at radius 2 is 1.67 bits per heavy atom. The summed E-state index contributed by atoms with van der Waals surface area (Å²) in [7, 11) is 0. The van der Waals surface area contributed by atoms with Crippen LogP contribution in [0.15, 0.2) is 42.5 Å². The van der Waals surface area contributed by atoms with E-state index in [1.165, 1.54) is 30.7 Å². The first-order valence-electron chi connectivity index (χ1n) is 14.7. The van der Waals surface area contributed by atoms with Gasteiger partial charge in [-0.05, 0) is 92.8 Å². The Hall–Kier alpha value is -2.38. The predicted molar refractivity (Wildman–Crippen MR) is 146 cm³/mol. The third-order valence-corrected chi connectivity index (χ3v) is 9.55. The molecule has 2 heterocycles. The molecule has 3 atom stereocenters. The molecule has 1 N–H and O–H groups in total. The van der Waals surface area contributed by atoms with Crippen molar-refractivity contribution in [1.29, 1.82) is 0 Å². The summed E-state index contributed by atoms with van der Waals surface area (Å²) >= 11 is 0. The number of carboxylic acids is 1. The summed E-state index contributed by atoms with van der Waals surface area (Å²) in [4.78, 5) is 16.9. The van der Waals surface area contributed by atoms with Gasteiger partial charge in [-0.15, -0.1) is 0 Å². The first-order chi connectivity index (χ1) is 18.9. The van der Waals surface area contributed by atoms with E-state index in [4.69, 9.17) is 0 Å². The third kappa shape index (κ3) is 7.04. The summed E-state index contributed by atoms with van der Waals surface area (Å²) in [6.07, 6.45) is 8.43. The molecule has 4 nitrogen and oxygen atoms in total. The lowest BCUT2D eigenvalue weighted by Crippen LogP contribution is -2.43. The number of nitrogens with zero attached hydrogens (tertiary/aromatic N) is 2. The smallest absolute Gasteiger partial charge is 0.320 e. The maximum Gasteiger partial charge on any atom is 0.320 e. The average molecular weight is 543 g/mol. The Kier molecular flexibility index (Phi) is 9.28. The van der Waals surface area contributed by atoms with Crippen LogP contribution in [0.3, 0.4) is 0 Å². The van der Waals surface area contributed by atoms with Crippen LogP contribution in [0.25, 0.3) is 0 Å². The number of carbonyl (C=O) groups is 1. The molecule has 0 aromatic heterocycles. The van der Waals surface area contributed by atoms with Crippen molar-refractivity contribution in [2.24, 2.45) is 17.8 Å². The van der Waals surface area contributed by atoms with Crippen LogP contribution in [0.4, 0.5) is 13.2 Å². The normalized spacial score (nSPS) is 24.1. The van der Waals surface area contributed by atoms with Crippen LogP contribution in [0.1, 0.15) is 68.4 Å². The first kappa shape index (κ1) is 28.2. The third-order valence-electron chi connectivity index (χ3n) is 9.55. The van der Waals surface area contributed by atoms with Crippen molar-refractivity contribution in [1.82, 2.24) is 9.80 Å². The lowest BCUT2D eigenvalue weighted by molar-refractivity contribution is -0.144. The van der Waals surface area contributed by atoms with Crippen molar-refractivity contribution >= 4 is 5.97 Å². The molecule has 0 unspecified atom stereocenters. The molecule has 3 aliphatic rings. The lowest BCUT2D eigenvalue weighted by Gasteiger charge is -2.35. The van der Waals surface area contributed by atoms with Crippen molar-refractivity contribution in [3.63, 3.8) is 0 Å². The van der Waals surface area contributed by atoms with Gasteiger partial charge in [0, 0.05) is 31.1 Å². The second kappa shape index (κ2) is 12.9. The van der Waals surface area contributed by atoms with Gasteiger partial charge in [0.15, 0.2) is 0 Å². The topological polar surface area (TPSA) is 43.8 Å². The van der Waals surface area contributed by atoms with Gasteiger partial charge in [0.05, 0.1) is 0 Å². The van der Waals surface area contributed by atoms with Crippen LogP contribution in [0.2, 0.25) is 0 Å². The summed E-state index contributed by atoms with van der Waals surface area (Å²) in [5, 5.41) is 10.1. The average Bonchev–Trinajstić information content (AvgIpc) is 3.29. The number of hydrogen-bond acceptors (Lipinski definition) is 3. The van der Waals surface area contributed by atoms with E-state index in [2.05, 4.69) is 9.80 Å². The fourth-order valence-corrected chi connectivity index (χ4v) is 7.04. The molecule has 7 heteroatoms. The SMILES string of the molecule is O=C(O)[C@@H](CC1CCC1)N1C[C@H](CN2CCC(CCCc3c(F)cccc3F)CC2)[C@@H](c2cccc(F)c2)C1. The summed E-state index contributed by atoms with van der Waals surface area (Å²) in [6, 6.07) is 10.4. The van der Waals surface area contributed by atoms with E-state index in [9.17, 15) is 23.1 Å². The van der Waals surface area contributed by atoms with Crippen molar-refractivity contribution in [3.05, 3.63) is 71.0 Å². The number of likely N-dealkylation sites (tertiary alicyclic amines) is 2. The zero-order valence-corrected chi connectivity index (χ0v) is 22.7.